The fraction of sp³-hybridized carbons (Fsp3) is 0.556. The second kappa shape index (κ2) is 8.94. The lowest BCUT2D eigenvalue weighted by Gasteiger charge is -2.28. The summed E-state index contributed by atoms with van der Waals surface area (Å²) in [7, 11) is -3.04. The van der Waals surface area contributed by atoms with Gasteiger partial charge in [0.25, 0.3) is 0 Å². The third-order valence-electron chi connectivity index (χ3n) is 4.45. The number of rotatable bonds is 8. The van der Waals surface area contributed by atoms with E-state index in [0.717, 1.165) is 17.3 Å². The molecule has 5 nitrogen and oxygen atoms in total. The first-order valence-corrected chi connectivity index (χ1v) is 11.2. The van der Waals surface area contributed by atoms with Gasteiger partial charge < -0.3 is 4.90 Å². The zero-order valence-corrected chi connectivity index (χ0v) is 16.8. The summed E-state index contributed by atoms with van der Waals surface area (Å²) in [5.74, 6) is -0.00883. The third kappa shape index (κ3) is 5.92. The number of carbonyl (C=O) groups is 2. The fourth-order valence-electron chi connectivity index (χ4n) is 3.00. The summed E-state index contributed by atoms with van der Waals surface area (Å²) < 4.78 is 24.3. The molecule has 1 aliphatic heterocycles. The molecule has 1 aromatic carbocycles. The van der Waals surface area contributed by atoms with Gasteiger partial charge in [-0.1, -0.05) is 41.4 Å². The van der Waals surface area contributed by atoms with Crippen molar-refractivity contribution < 1.29 is 18.0 Å². The van der Waals surface area contributed by atoms with E-state index in [2.05, 4.69) is 15.9 Å². The lowest BCUT2D eigenvalue weighted by atomic mass is 10.1. The molecule has 7 heteroatoms. The predicted molar refractivity (Wildman–Crippen MR) is 101 cm³/mol. The van der Waals surface area contributed by atoms with E-state index in [4.69, 9.17) is 0 Å². The molecule has 1 saturated heterocycles. The molecule has 0 aromatic heterocycles. The van der Waals surface area contributed by atoms with Gasteiger partial charge in [-0.2, -0.15) is 0 Å². The number of Topliss-reactive ketones (excluding diaryl/α,β-unsaturated/α-hetero) is 1. The fourth-order valence-corrected chi connectivity index (χ4v) is 5.00. The van der Waals surface area contributed by atoms with Crippen molar-refractivity contribution in [3.63, 3.8) is 0 Å². The molecule has 1 amide bonds. The van der Waals surface area contributed by atoms with Crippen molar-refractivity contribution in [1.29, 1.82) is 0 Å². The number of hydrogen-bond donors (Lipinski definition) is 0. The van der Waals surface area contributed by atoms with Crippen LogP contribution >= 0.6 is 15.9 Å². The van der Waals surface area contributed by atoms with E-state index in [1.54, 1.807) is 29.2 Å². The average Bonchev–Trinajstić information content (AvgIpc) is 2.93. The normalized spacial score (nSPS) is 18.9. The summed E-state index contributed by atoms with van der Waals surface area (Å²) in [5, 5.41) is 0. The van der Waals surface area contributed by atoms with Crippen molar-refractivity contribution >= 4 is 37.5 Å². The molecule has 0 aliphatic carbocycles. The minimum absolute atomic E-state index is 0.0448. The maximum atomic E-state index is 12.6. The molecular formula is C18H24BrNO4S. The molecule has 0 saturated carbocycles. The highest BCUT2D eigenvalue weighted by Gasteiger charge is 2.34. The Morgan fingerprint density at radius 1 is 1.20 bits per heavy atom. The summed E-state index contributed by atoms with van der Waals surface area (Å²) in [6, 6.07) is 6.81. The number of amides is 1. The molecule has 1 fully saturated rings. The van der Waals surface area contributed by atoms with Crippen molar-refractivity contribution in [2.45, 2.75) is 45.1 Å². The third-order valence-corrected chi connectivity index (χ3v) is 6.73. The SMILES string of the molecule is CCCCN(C(=O)CCC(=O)c1ccc(Br)cc1)C1CCS(=O)(=O)C1. The van der Waals surface area contributed by atoms with Crippen LogP contribution in [0.25, 0.3) is 0 Å². The van der Waals surface area contributed by atoms with E-state index in [9.17, 15) is 18.0 Å². The van der Waals surface area contributed by atoms with Crippen molar-refractivity contribution in [2.24, 2.45) is 0 Å². The highest BCUT2D eigenvalue weighted by Crippen LogP contribution is 2.20. The maximum absolute atomic E-state index is 12.6. The van der Waals surface area contributed by atoms with Crippen LogP contribution in [0.3, 0.4) is 0 Å². The first-order chi connectivity index (χ1) is 11.8. The molecule has 0 spiro atoms. The molecule has 2 rings (SSSR count). The van der Waals surface area contributed by atoms with Gasteiger partial charge in [-0.25, -0.2) is 8.42 Å². The number of benzene rings is 1. The van der Waals surface area contributed by atoms with Crippen LogP contribution in [0.1, 0.15) is 49.4 Å². The van der Waals surface area contributed by atoms with Crippen LogP contribution < -0.4 is 0 Å². The number of halogens is 1. The number of nitrogens with zero attached hydrogens (tertiary/aromatic N) is 1. The van der Waals surface area contributed by atoms with E-state index in [-0.39, 0.29) is 42.1 Å². The Kier molecular flexibility index (Phi) is 7.19. The van der Waals surface area contributed by atoms with E-state index in [1.807, 2.05) is 6.92 Å². The Balaban J connectivity index is 1.96. The minimum Gasteiger partial charge on any atom is -0.339 e. The van der Waals surface area contributed by atoms with Crippen LogP contribution in [0.15, 0.2) is 28.7 Å². The summed E-state index contributed by atoms with van der Waals surface area (Å²) in [6.07, 6.45) is 2.53. The summed E-state index contributed by atoms with van der Waals surface area (Å²) >= 11 is 3.33. The summed E-state index contributed by atoms with van der Waals surface area (Å²) in [4.78, 5) is 26.5. The standard InChI is InChI=1S/C18H24BrNO4S/c1-2-3-11-20(16-10-12-25(23,24)13-16)18(22)9-8-17(21)14-4-6-15(19)7-5-14/h4-7,16H,2-3,8-13H2,1H3. The number of carbonyl (C=O) groups excluding carboxylic acids is 2. The first-order valence-electron chi connectivity index (χ1n) is 8.61. The molecule has 1 aliphatic rings. The second-order valence-electron chi connectivity index (χ2n) is 6.43. The molecular weight excluding hydrogens is 406 g/mol. The number of unbranched alkanes of at least 4 members (excludes halogenated alkanes) is 1. The summed E-state index contributed by atoms with van der Waals surface area (Å²) in [5.41, 5.74) is 0.583. The van der Waals surface area contributed by atoms with Gasteiger partial charge in [0, 0.05) is 35.5 Å². The molecule has 1 aromatic rings. The van der Waals surface area contributed by atoms with Crippen molar-refractivity contribution in [1.82, 2.24) is 4.90 Å². The van der Waals surface area contributed by atoms with Gasteiger partial charge in [0.1, 0.15) is 0 Å². The molecule has 0 bridgehead atoms. The largest absolute Gasteiger partial charge is 0.339 e. The quantitative estimate of drug-likeness (QED) is 0.594. The van der Waals surface area contributed by atoms with Crippen LogP contribution in [-0.4, -0.2) is 49.1 Å². The predicted octanol–water partition coefficient (Wildman–Crippen LogP) is 3.23. The van der Waals surface area contributed by atoms with Gasteiger partial charge >= 0.3 is 0 Å². The van der Waals surface area contributed by atoms with E-state index < -0.39 is 9.84 Å². The van der Waals surface area contributed by atoms with Crippen molar-refractivity contribution in [2.75, 3.05) is 18.1 Å². The second-order valence-corrected chi connectivity index (χ2v) is 9.57. The Bertz CT molecular complexity index is 715. The van der Waals surface area contributed by atoms with Crippen molar-refractivity contribution in [3.8, 4) is 0 Å². The van der Waals surface area contributed by atoms with E-state index in [0.29, 0.717) is 18.5 Å². The molecule has 25 heavy (non-hydrogen) atoms. The Morgan fingerprint density at radius 2 is 1.88 bits per heavy atom. The molecule has 0 radical (unpaired) electrons. The van der Waals surface area contributed by atoms with Gasteiger partial charge in [-0.3, -0.25) is 9.59 Å². The topological polar surface area (TPSA) is 71.5 Å². The zero-order chi connectivity index (χ0) is 18.4. The number of ketones is 1. The lowest BCUT2D eigenvalue weighted by Crippen LogP contribution is -2.41. The monoisotopic (exact) mass is 429 g/mol. The Labute approximate surface area is 157 Å². The van der Waals surface area contributed by atoms with Gasteiger partial charge in [0.2, 0.25) is 5.91 Å². The molecule has 138 valence electrons. The Morgan fingerprint density at radius 3 is 2.44 bits per heavy atom. The number of hydrogen-bond acceptors (Lipinski definition) is 4. The molecule has 1 heterocycles. The molecule has 0 N–H and O–H groups in total. The van der Waals surface area contributed by atoms with Crippen LogP contribution in [0.4, 0.5) is 0 Å². The molecule has 1 unspecified atom stereocenters. The van der Waals surface area contributed by atoms with Gasteiger partial charge in [0.05, 0.1) is 11.5 Å². The first kappa shape index (κ1) is 20.1. The maximum Gasteiger partial charge on any atom is 0.223 e. The van der Waals surface area contributed by atoms with E-state index in [1.165, 1.54) is 0 Å². The van der Waals surface area contributed by atoms with Gasteiger partial charge in [0.15, 0.2) is 15.6 Å². The zero-order valence-electron chi connectivity index (χ0n) is 14.4. The van der Waals surface area contributed by atoms with Crippen LogP contribution in [0, 0.1) is 0 Å². The highest BCUT2D eigenvalue weighted by atomic mass is 79.9. The lowest BCUT2D eigenvalue weighted by molar-refractivity contribution is -0.133. The van der Waals surface area contributed by atoms with Gasteiger partial charge in [-0.15, -0.1) is 0 Å². The smallest absolute Gasteiger partial charge is 0.223 e. The highest BCUT2D eigenvalue weighted by molar-refractivity contribution is 9.10. The minimum atomic E-state index is -3.04. The van der Waals surface area contributed by atoms with Crippen LogP contribution in [-0.2, 0) is 14.6 Å². The molecule has 1 atom stereocenters. The van der Waals surface area contributed by atoms with Crippen molar-refractivity contribution in [3.05, 3.63) is 34.3 Å². The summed E-state index contributed by atoms with van der Waals surface area (Å²) in [6.45, 7) is 2.59. The Hall–Kier alpha value is -1.21. The number of sulfone groups is 1. The van der Waals surface area contributed by atoms with Crippen LogP contribution in [0.5, 0.6) is 0 Å². The van der Waals surface area contributed by atoms with E-state index >= 15 is 0 Å². The average molecular weight is 430 g/mol. The van der Waals surface area contributed by atoms with Gasteiger partial charge in [-0.05, 0) is 25.0 Å². The van der Waals surface area contributed by atoms with Crippen LogP contribution in [0.2, 0.25) is 0 Å².